The number of piperazine rings is 1. The average Bonchev–Trinajstić information content (AvgIpc) is 3.50. The van der Waals surface area contributed by atoms with Crippen molar-refractivity contribution in [1.82, 2.24) is 19.8 Å². The minimum atomic E-state index is -0.0761. The first kappa shape index (κ1) is 22.0. The summed E-state index contributed by atoms with van der Waals surface area (Å²) in [6.45, 7) is 4.28. The van der Waals surface area contributed by atoms with Gasteiger partial charge in [-0.2, -0.15) is 0 Å². The summed E-state index contributed by atoms with van der Waals surface area (Å²) in [6.07, 6.45) is 0. The van der Waals surface area contributed by atoms with Crippen LogP contribution in [0.4, 0.5) is 5.69 Å². The van der Waals surface area contributed by atoms with E-state index in [4.69, 9.17) is 4.98 Å². The van der Waals surface area contributed by atoms with E-state index in [2.05, 4.69) is 14.8 Å². The number of nitrogens with zero attached hydrogens (tertiary/aromatic N) is 4. The van der Waals surface area contributed by atoms with Gasteiger partial charge < -0.3 is 9.88 Å². The number of aromatic nitrogens is 2. The Morgan fingerprint density at radius 2 is 1.82 bits per heavy atom. The first-order chi connectivity index (χ1) is 16.1. The van der Waals surface area contributed by atoms with Crippen LogP contribution in [0.25, 0.3) is 20.7 Å². The van der Waals surface area contributed by atoms with Gasteiger partial charge in [-0.3, -0.25) is 19.4 Å². The largest absolute Gasteiger partial charge is 0.314 e. The molecule has 0 aliphatic carbocycles. The summed E-state index contributed by atoms with van der Waals surface area (Å²) in [6, 6.07) is 13.7. The van der Waals surface area contributed by atoms with Crippen LogP contribution in [0.5, 0.6) is 0 Å². The molecule has 0 saturated carbocycles. The highest BCUT2D eigenvalue weighted by molar-refractivity contribution is 7.18. The molecule has 1 aliphatic heterocycles. The number of benzene rings is 1. The number of thiophene rings is 2. The van der Waals surface area contributed by atoms with Crippen LogP contribution in [0.2, 0.25) is 0 Å². The van der Waals surface area contributed by atoms with E-state index in [1.807, 2.05) is 60.3 Å². The zero-order valence-electron chi connectivity index (χ0n) is 18.4. The van der Waals surface area contributed by atoms with Crippen molar-refractivity contribution in [3.05, 3.63) is 69.4 Å². The maximum Gasteiger partial charge on any atom is 0.260 e. The predicted molar refractivity (Wildman–Crippen MR) is 135 cm³/mol. The highest BCUT2D eigenvalue weighted by Crippen LogP contribution is 2.33. The first-order valence-electron chi connectivity index (χ1n) is 10.9. The molecule has 170 valence electrons. The molecule has 0 bridgehead atoms. The number of rotatable bonds is 6. The van der Waals surface area contributed by atoms with Gasteiger partial charge in [-0.1, -0.05) is 24.3 Å². The highest BCUT2D eigenvalue weighted by atomic mass is 32.1. The molecule has 1 amide bonds. The number of likely N-dealkylation sites (N-methyl/N-ethyl adjacent to an activating group) is 1. The van der Waals surface area contributed by atoms with E-state index in [9.17, 15) is 9.59 Å². The van der Waals surface area contributed by atoms with Crippen molar-refractivity contribution in [2.45, 2.75) is 6.54 Å². The van der Waals surface area contributed by atoms with Crippen LogP contribution in [0.15, 0.2) is 58.0 Å². The Morgan fingerprint density at radius 1 is 1.06 bits per heavy atom. The Morgan fingerprint density at radius 3 is 2.55 bits per heavy atom. The number of carbonyl (C=O) groups is 1. The Hall–Kier alpha value is -2.85. The second kappa shape index (κ2) is 9.56. The number of para-hydroxylation sites is 1. The van der Waals surface area contributed by atoms with Crippen LogP contribution in [-0.4, -0.2) is 65.4 Å². The van der Waals surface area contributed by atoms with Gasteiger partial charge in [0.25, 0.3) is 5.56 Å². The maximum absolute atomic E-state index is 12.8. The van der Waals surface area contributed by atoms with Crippen molar-refractivity contribution in [2.75, 3.05) is 44.7 Å². The molecule has 4 heterocycles. The van der Waals surface area contributed by atoms with Crippen molar-refractivity contribution in [3.8, 4) is 10.4 Å². The summed E-state index contributed by atoms with van der Waals surface area (Å²) in [5.74, 6) is 0.783. The quantitative estimate of drug-likeness (QED) is 0.458. The molecule has 5 rings (SSSR count). The van der Waals surface area contributed by atoms with Crippen LogP contribution in [0, 0.1) is 0 Å². The minimum Gasteiger partial charge on any atom is -0.314 e. The molecule has 4 aromatic rings. The van der Waals surface area contributed by atoms with Gasteiger partial charge >= 0.3 is 0 Å². The standard InChI is InChI=1S/C24H25N5O2S2/c1-27(17-6-3-2-4-7-17)21(30)15-29-11-9-28(10-12-29)14-20-25-23(31)22-18(16-33-24(22)26-20)19-8-5-13-32-19/h2-8,13,16H,9-12,14-15H2,1H3,(H,25,26,31). The fraction of sp³-hybridized carbons (Fsp3) is 0.292. The third-order valence-corrected chi connectivity index (χ3v) is 7.77. The molecule has 1 fully saturated rings. The van der Waals surface area contributed by atoms with Crippen LogP contribution in [0.3, 0.4) is 0 Å². The van der Waals surface area contributed by atoms with Crippen LogP contribution in [-0.2, 0) is 11.3 Å². The second-order valence-corrected chi connectivity index (χ2v) is 9.97. The van der Waals surface area contributed by atoms with E-state index < -0.39 is 0 Å². The smallest absolute Gasteiger partial charge is 0.260 e. The maximum atomic E-state index is 12.8. The number of amides is 1. The van der Waals surface area contributed by atoms with Crippen LogP contribution in [0.1, 0.15) is 5.82 Å². The lowest BCUT2D eigenvalue weighted by molar-refractivity contribution is -0.119. The van der Waals surface area contributed by atoms with Gasteiger partial charge in [0.2, 0.25) is 5.91 Å². The number of H-pyrrole nitrogens is 1. The Kier molecular flexibility index (Phi) is 6.37. The number of nitrogens with one attached hydrogen (secondary N) is 1. The third kappa shape index (κ3) is 4.77. The van der Waals surface area contributed by atoms with Crippen molar-refractivity contribution in [1.29, 1.82) is 0 Å². The van der Waals surface area contributed by atoms with Gasteiger partial charge in [-0.05, 0) is 23.6 Å². The van der Waals surface area contributed by atoms with Crippen LogP contribution >= 0.6 is 22.7 Å². The number of anilines is 1. The van der Waals surface area contributed by atoms with Crippen LogP contribution < -0.4 is 10.5 Å². The molecule has 1 aromatic carbocycles. The van der Waals surface area contributed by atoms with Gasteiger partial charge in [-0.25, -0.2) is 4.98 Å². The molecule has 3 aromatic heterocycles. The Labute approximate surface area is 199 Å². The van der Waals surface area contributed by atoms with Gasteiger partial charge in [0.05, 0.1) is 18.5 Å². The molecule has 0 unspecified atom stereocenters. The van der Waals surface area contributed by atoms with Crippen molar-refractivity contribution < 1.29 is 4.79 Å². The topological polar surface area (TPSA) is 72.5 Å². The zero-order chi connectivity index (χ0) is 22.8. The fourth-order valence-electron chi connectivity index (χ4n) is 4.09. The van der Waals surface area contributed by atoms with Crippen molar-refractivity contribution in [3.63, 3.8) is 0 Å². The molecule has 0 spiro atoms. The Bertz CT molecular complexity index is 1290. The van der Waals surface area contributed by atoms with E-state index in [-0.39, 0.29) is 11.5 Å². The lowest BCUT2D eigenvalue weighted by atomic mass is 10.2. The molecule has 0 atom stereocenters. The summed E-state index contributed by atoms with van der Waals surface area (Å²) < 4.78 is 0. The molecule has 0 radical (unpaired) electrons. The van der Waals surface area contributed by atoms with Gasteiger partial charge in [0, 0.05) is 54.7 Å². The Balaban J connectivity index is 1.19. The third-order valence-electron chi connectivity index (χ3n) is 5.99. The molecular formula is C24H25N5O2S2. The van der Waals surface area contributed by atoms with Gasteiger partial charge in [-0.15, -0.1) is 22.7 Å². The minimum absolute atomic E-state index is 0.0761. The van der Waals surface area contributed by atoms with E-state index in [0.717, 1.165) is 47.1 Å². The van der Waals surface area contributed by atoms with E-state index in [0.29, 0.717) is 24.3 Å². The molecule has 33 heavy (non-hydrogen) atoms. The number of carbonyl (C=O) groups excluding carboxylic acids is 1. The molecule has 7 nitrogen and oxygen atoms in total. The van der Waals surface area contributed by atoms with Gasteiger partial charge in [0.1, 0.15) is 10.7 Å². The summed E-state index contributed by atoms with van der Waals surface area (Å²) in [5, 5.41) is 4.71. The summed E-state index contributed by atoms with van der Waals surface area (Å²) in [7, 11) is 1.82. The summed E-state index contributed by atoms with van der Waals surface area (Å²) >= 11 is 3.14. The molecule has 1 saturated heterocycles. The monoisotopic (exact) mass is 479 g/mol. The van der Waals surface area contributed by atoms with Crippen molar-refractivity contribution in [2.24, 2.45) is 0 Å². The first-order valence-corrected chi connectivity index (χ1v) is 12.6. The van der Waals surface area contributed by atoms with E-state index in [1.165, 1.54) is 11.3 Å². The number of hydrogen-bond donors (Lipinski definition) is 1. The molecule has 9 heteroatoms. The SMILES string of the molecule is CN(C(=O)CN1CCN(Cc2nc3scc(-c4cccs4)c3c(=O)[nH]2)CC1)c1ccccc1. The second-order valence-electron chi connectivity index (χ2n) is 8.16. The average molecular weight is 480 g/mol. The lowest BCUT2D eigenvalue weighted by Crippen LogP contribution is -2.49. The van der Waals surface area contributed by atoms with E-state index >= 15 is 0 Å². The highest BCUT2D eigenvalue weighted by Gasteiger charge is 2.22. The molecule has 1 aliphatic rings. The number of hydrogen-bond acceptors (Lipinski definition) is 7. The van der Waals surface area contributed by atoms with Crippen molar-refractivity contribution >= 4 is 44.5 Å². The number of fused-ring (bicyclic) bond motifs is 1. The summed E-state index contributed by atoms with van der Waals surface area (Å²) in [4.78, 5) is 41.2. The number of aromatic amines is 1. The normalized spacial score (nSPS) is 15.2. The predicted octanol–water partition coefficient (Wildman–Crippen LogP) is 3.49. The molecule has 1 N–H and O–H groups in total. The molecular weight excluding hydrogens is 454 g/mol. The van der Waals surface area contributed by atoms with E-state index in [1.54, 1.807) is 16.2 Å². The van der Waals surface area contributed by atoms with Gasteiger partial charge in [0.15, 0.2) is 0 Å². The lowest BCUT2D eigenvalue weighted by Gasteiger charge is -2.34. The fourth-order valence-corrected chi connectivity index (χ4v) is 5.87. The zero-order valence-corrected chi connectivity index (χ0v) is 20.0. The summed E-state index contributed by atoms with van der Waals surface area (Å²) in [5.41, 5.74) is 1.79.